The summed E-state index contributed by atoms with van der Waals surface area (Å²) < 4.78 is 0. The number of aliphatic imine (C=N–C) groups is 1. The molecule has 1 fully saturated rings. The Kier molecular flexibility index (Phi) is 5.46. The van der Waals surface area contributed by atoms with Gasteiger partial charge in [0.05, 0.1) is 21.9 Å². The molecule has 168 valence electrons. The maximum atomic E-state index is 13.7. The van der Waals surface area contributed by atoms with Crippen LogP contribution in [0.5, 0.6) is 0 Å². The minimum absolute atomic E-state index is 0.176. The first-order chi connectivity index (χ1) is 16.4. The van der Waals surface area contributed by atoms with Crippen LogP contribution < -0.4 is 9.80 Å². The molecule has 8 nitrogen and oxygen atoms in total. The molecule has 0 spiro atoms. The Morgan fingerprint density at radius 1 is 0.971 bits per heavy atom. The molecular formula is C25H18N4O4S. The van der Waals surface area contributed by atoms with E-state index in [2.05, 4.69) is 9.98 Å². The van der Waals surface area contributed by atoms with Crippen LogP contribution in [0.1, 0.15) is 11.3 Å². The number of aryl methyl sites for hydroxylation is 1. The van der Waals surface area contributed by atoms with Crippen molar-refractivity contribution < 1.29 is 19.5 Å². The number of carboxylic acid groups (broad SMARTS) is 1. The number of amides is 2. The summed E-state index contributed by atoms with van der Waals surface area (Å²) in [6.45, 7) is 1.35. The quantitative estimate of drug-likeness (QED) is 0.578. The van der Waals surface area contributed by atoms with Crippen LogP contribution in [-0.4, -0.2) is 39.6 Å². The molecule has 1 N–H and O–H groups in total. The van der Waals surface area contributed by atoms with Gasteiger partial charge >= 0.3 is 5.97 Å². The zero-order valence-corrected chi connectivity index (χ0v) is 18.8. The van der Waals surface area contributed by atoms with Crippen LogP contribution in [0.3, 0.4) is 0 Å². The van der Waals surface area contributed by atoms with Gasteiger partial charge in [0.1, 0.15) is 6.54 Å². The van der Waals surface area contributed by atoms with E-state index in [0.717, 1.165) is 17.5 Å². The lowest BCUT2D eigenvalue weighted by Crippen LogP contribution is -2.33. The number of benzene rings is 2. The molecule has 1 saturated heterocycles. The average molecular weight is 471 g/mol. The highest BCUT2D eigenvalue weighted by Crippen LogP contribution is 2.45. The third-order valence-electron chi connectivity index (χ3n) is 5.32. The Morgan fingerprint density at radius 2 is 1.71 bits per heavy atom. The van der Waals surface area contributed by atoms with Crippen LogP contribution in [0.15, 0.2) is 82.7 Å². The number of amidine groups is 1. The number of carbonyl (C=O) groups excluding carboxylic acids is 2. The second-order valence-corrected chi connectivity index (χ2v) is 8.59. The zero-order valence-electron chi connectivity index (χ0n) is 18.0. The minimum atomic E-state index is -1.14. The van der Waals surface area contributed by atoms with Gasteiger partial charge in [0.25, 0.3) is 11.8 Å². The maximum Gasteiger partial charge on any atom is 0.323 e. The predicted octanol–water partition coefficient (Wildman–Crippen LogP) is 4.00. The highest BCUT2D eigenvalue weighted by molar-refractivity contribution is 8.19. The van der Waals surface area contributed by atoms with E-state index < -0.39 is 24.3 Å². The van der Waals surface area contributed by atoms with Gasteiger partial charge in [-0.1, -0.05) is 42.5 Å². The lowest BCUT2D eigenvalue weighted by Gasteiger charge is -2.15. The number of hydrogen-bond donors (Lipinski definition) is 1. The lowest BCUT2D eigenvalue weighted by molar-refractivity contribution is -0.136. The normalized spacial score (nSPS) is 18.7. The summed E-state index contributed by atoms with van der Waals surface area (Å²) in [5.41, 5.74) is 2.54. The van der Waals surface area contributed by atoms with E-state index in [1.165, 1.54) is 9.80 Å². The van der Waals surface area contributed by atoms with Gasteiger partial charge in [-0.2, -0.15) is 0 Å². The second kappa shape index (κ2) is 8.60. The molecule has 2 aromatic carbocycles. The van der Waals surface area contributed by atoms with Crippen molar-refractivity contribution in [3.05, 3.63) is 89.0 Å². The van der Waals surface area contributed by atoms with Gasteiger partial charge in [0.15, 0.2) is 11.0 Å². The molecule has 0 unspecified atom stereocenters. The van der Waals surface area contributed by atoms with Gasteiger partial charge in [-0.05, 0) is 49.0 Å². The molecule has 0 aliphatic carbocycles. The van der Waals surface area contributed by atoms with E-state index in [-0.39, 0.29) is 10.5 Å². The third kappa shape index (κ3) is 3.75. The predicted molar refractivity (Wildman–Crippen MR) is 131 cm³/mol. The van der Waals surface area contributed by atoms with Crippen molar-refractivity contribution in [2.24, 2.45) is 4.99 Å². The van der Waals surface area contributed by atoms with Crippen molar-refractivity contribution in [3.8, 4) is 0 Å². The largest absolute Gasteiger partial charge is 0.480 e. The van der Waals surface area contributed by atoms with Crippen molar-refractivity contribution in [3.63, 3.8) is 0 Å². The molecule has 1 aromatic heterocycles. The van der Waals surface area contributed by atoms with Crippen molar-refractivity contribution in [2.45, 2.75) is 6.92 Å². The molecule has 0 atom stereocenters. The number of rotatable bonds is 4. The Hall–Kier alpha value is -4.24. The van der Waals surface area contributed by atoms with Gasteiger partial charge in [-0.25, -0.2) is 9.98 Å². The van der Waals surface area contributed by atoms with Crippen LogP contribution in [0.4, 0.5) is 17.2 Å². The van der Waals surface area contributed by atoms with Gasteiger partial charge in [0.2, 0.25) is 0 Å². The number of carboxylic acids is 1. The van der Waals surface area contributed by atoms with Crippen LogP contribution in [0.25, 0.3) is 5.57 Å². The number of para-hydroxylation sites is 2. The smallest absolute Gasteiger partial charge is 0.323 e. The average Bonchev–Trinajstić information content (AvgIpc) is 3.27. The van der Waals surface area contributed by atoms with Crippen molar-refractivity contribution in [1.29, 1.82) is 0 Å². The molecular weight excluding hydrogens is 452 g/mol. The molecule has 2 aliphatic rings. The topological polar surface area (TPSA) is 103 Å². The summed E-state index contributed by atoms with van der Waals surface area (Å²) >= 11 is 1.08. The zero-order chi connectivity index (χ0) is 23.8. The lowest BCUT2D eigenvalue weighted by atomic mass is 10.1. The summed E-state index contributed by atoms with van der Waals surface area (Å²) in [6.07, 6.45) is 0. The van der Waals surface area contributed by atoms with Gasteiger partial charge in [-0.3, -0.25) is 24.2 Å². The van der Waals surface area contributed by atoms with Crippen molar-refractivity contribution in [1.82, 2.24) is 4.98 Å². The van der Waals surface area contributed by atoms with Crippen LogP contribution in [-0.2, 0) is 14.4 Å². The summed E-state index contributed by atoms with van der Waals surface area (Å²) in [6, 6.07) is 21.3. The van der Waals surface area contributed by atoms with E-state index >= 15 is 0 Å². The first-order valence-corrected chi connectivity index (χ1v) is 11.2. The van der Waals surface area contributed by atoms with E-state index in [1.54, 1.807) is 42.5 Å². The van der Waals surface area contributed by atoms with Crippen molar-refractivity contribution in [2.75, 3.05) is 16.3 Å². The molecule has 3 aromatic rings. The summed E-state index contributed by atoms with van der Waals surface area (Å²) in [4.78, 5) is 50.3. The fraction of sp³-hybridized carbons (Fsp3) is 0.0800. The molecule has 2 amide bonds. The van der Waals surface area contributed by atoms with Crippen LogP contribution in [0, 0.1) is 6.92 Å². The Balaban J connectivity index is 1.68. The van der Waals surface area contributed by atoms with Crippen molar-refractivity contribution >= 4 is 57.5 Å². The highest BCUT2D eigenvalue weighted by Gasteiger charge is 2.43. The number of aromatic nitrogens is 1. The summed E-state index contributed by atoms with van der Waals surface area (Å²) in [5.74, 6) is -1.63. The summed E-state index contributed by atoms with van der Waals surface area (Å²) in [5, 5.41) is 9.68. The van der Waals surface area contributed by atoms with E-state index in [0.29, 0.717) is 27.9 Å². The second-order valence-electron chi connectivity index (χ2n) is 7.62. The Morgan fingerprint density at radius 3 is 2.44 bits per heavy atom. The first-order valence-electron chi connectivity index (χ1n) is 10.4. The number of pyridine rings is 1. The van der Waals surface area contributed by atoms with Crippen LogP contribution in [0.2, 0.25) is 0 Å². The standard InChI is InChI=1S/C25H18N4O4S/c1-15-8-7-13-19(26-15)27-25-29(16-9-3-2-4-10-16)24(33)22(34-25)21-17-11-5-6-12-18(17)28(23(21)32)14-20(30)31/h2-13H,14H2,1H3,(H,30,31)/b22-21-,27-25+. The van der Waals surface area contributed by atoms with Gasteiger partial charge in [-0.15, -0.1) is 0 Å². The third-order valence-corrected chi connectivity index (χ3v) is 6.36. The highest BCUT2D eigenvalue weighted by atomic mass is 32.2. The number of fused-ring (bicyclic) bond motifs is 1. The fourth-order valence-electron chi connectivity index (χ4n) is 3.89. The van der Waals surface area contributed by atoms with E-state index in [4.69, 9.17) is 0 Å². The number of nitrogens with zero attached hydrogens (tertiary/aromatic N) is 4. The molecule has 0 saturated carbocycles. The first kappa shape index (κ1) is 21.6. The molecule has 3 heterocycles. The number of aliphatic carboxylic acids is 1. The molecule has 34 heavy (non-hydrogen) atoms. The molecule has 9 heteroatoms. The number of anilines is 2. The van der Waals surface area contributed by atoms with E-state index in [9.17, 15) is 19.5 Å². The molecule has 5 rings (SSSR count). The Bertz CT molecular complexity index is 1400. The maximum absolute atomic E-state index is 13.7. The van der Waals surface area contributed by atoms with E-state index in [1.807, 2.05) is 37.3 Å². The number of carbonyl (C=O) groups is 3. The monoisotopic (exact) mass is 470 g/mol. The number of thioether (sulfide) groups is 1. The Labute approximate surface area is 199 Å². The summed E-state index contributed by atoms with van der Waals surface area (Å²) in [7, 11) is 0. The molecule has 2 aliphatic heterocycles. The minimum Gasteiger partial charge on any atom is -0.480 e. The molecule has 0 radical (unpaired) electrons. The number of hydrogen-bond acceptors (Lipinski definition) is 6. The fourth-order valence-corrected chi connectivity index (χ4v) is 4.96. The SMILES string of the molecule is Cc1cccc(/N=C2/S/C(=C3\C(=O)N(CC(=O)O)c4ccccc43)C(=O)N2c2ccccc2)n1. The molecule has 0 bridgehead atoms. The van der Waals surface area contributed by atoms with Crippen LogP contribution >= 0.6 is 11.8 Å². The van der Waals surface area contributed by atoms with Gasteiger partial charge in [0, 0.05) is 11.3 Å². The van der Waals surface area contributed by atoms with Gasteiger partial charge < -0.3 is 5.11 Å².